The van der Waals surface area contributed by atoms with Crippen molar-refractivity contribution < 1.29 is 4.79 Å². The summed E-state index contributed by atoms with van der Waals surface area (Å²) in [6.07, 6.45) is 0. The highest BCUT2D eigenvalue weighted by molar-refractivity contribution is 9.10. The van der Waals surface area contributed by atoms with Crippen molar-refractivity contribution in [3.05, 3.63) is 99.5 Å². The van der Waals surface area contributed by atoms with Crippen LogP contribution in [-0.2, 0) is 0 Å². The molecule has 0 fully saturated rings. The van der Waals surface area contributed by atoms with Crippen molar-refractivity contribution in [3.8, 4) is 11.3 Å². The molecule has 4 heteroatoms. The van der Waals surface area contributed by atoms with Crippen molar-refractivity contribution in [2.24, 2.45) is 0 Å². The zero-order valence-electron chi connectivity index (χ0n) is 17.2. The lowest BCUT2D eigenvalue weighted by atomic mass is 10.00. The van der Waals surface area contributed by atoms with Gasteiger partial charge in [0.1, 0.15) is 0 Å². The van der Waals surface area contributed by atoms with Crippen LogP contribution in [0.1, 0.15) is 40.0 Å². The number of amides is 1. The Morgan fingerprint density at radius 3 is 2.37 bits per heavy atom. The number of benzene rings is 3. The number of hydrogen-bond donors (Lipinski definition) is 1. The van der Waals surface area contributed by atoms with E-state index < -0.39 is 0 Å². The lowest BCUT2D eigenvalue weighted by Gasteiger charge is -2.17. The first-order valence-electron chi connectivity index (χ1n) is 9.96. The van der Waals surface area contributed by atoms with Crippen molar-refractivity contribution in [3.63, 3.8) is 0 Å². The normalized spacial score (nSPS) is 12.0. The molecular formula is C26H23BrN2O. The molecule has 0 radical (unpaired) electrons. The fourth-order valence-electron chi connectivity index (χ4n) is 3.62. The number of rotatable bonds is 4. The Labute approximate surface area is 185 Å². The van der Waals surface area contributed by atoms with Gasteiger partial charge in [-0.3, -0.25) is 4.79 Å². The average molecular weight is 459 g/mol. The number of nitrogens with zero attached hydrogens (tertiary/aromatic N) is 1. The number of hydrogen-bond acceptors (Lipinski definition) is 2. The third kappa shape index (κ3) is 4.14. The Morgan fingerprint density at radius 1 is 0.967 bits per heavy atom. The van der Waals surface area contributed by atoms with Crippen LogP contribution in [0.15, 0.2) is 77.3 Å². The molecular weight excluding hydrogens is 436 g/mol. The van der Waals surface area contributed by atoms with E-state index in [-0.39, 0.29) is 11.9 Å². The second-order valence-electron chi connectivity index (χ2n) is 7.65. The van der Waals surface area contributed by atoms with E-state index in [2.05, 4.69) is 40.3 Å². The average Bonchev–Trinajstić information content (AvgIpc) is 2.74. The Balaban J connectivity index is 1.82. The summed E-state index contributed by atoms with van der Waals surface area (Å²) < 4.78 is 0.933. The summed E-state index contributed by atoms with van der Waals surface area (Å²) in [5, 5.41) is 3.99. The molecule has 3 nitrogen and oxygen atoms in total. The monoisotopic (exact) mass is 458 g/mol. The lowest BCUT2D eigenvalue weighted by molar-refractivity contribution is 0.0941. The number of fused-ring (bicyclic) bond motifs is 1. The Bertz CT molecular complexity index is 1220. The van der Waals surface area contributed by atoms with Gasteiger partial charge in [0.25, 0.3) is 5.91 Å². The molecule has 0 spiro atoms. The van der Waals surface area contributed by atoms with Crippen LogP contribution in [0.5, 0.6) is 0 Å². The van der Waals surface area contributed by atoms with Gasteiger partial charge >= 0.3 is 0 Å². The first-order chi connectivity index (χ1) is 14.4. The summed E-state index contributed by atoms with van der Waals surface area (Å²) in [4.78, 5) is 18.2. The van der Waals surface area contributed by atoms with Crippen LogP contribution >= 0.6 is 15.9 Å². The number of carbonyl (C=O) groups is 1. The lowest BCUT2D eigenvalue weighted by Crippen LogP contribution is -2.27. The molecule has 0 saturated heterocycles. The topological polar surface area (TPSA) is 42.0 Å². The molecule has 0 aliphatic rings. The Morgan fingerprint density at radius 2 is 1.67 bits per heavy atom. The first kappa shape index (κ1) is 20.3. The summed E-state index contributed by atoms with van der Waals surface area (Å²) in [6, 6.07) is 24.0. The number of halogens is 1. The SMILES string of the molecule is Cc1ccc(-c2cc(C(=O)N[C@@H](C)c3ccccc3)c3cc(Br)cc(C)c3n2)cc1. The van der Waals surface area contributed by atoms with E-state index in [0.29, 0.717) is 5.56 Å². The molecule has 1 N–H and O–H groups in total. The van der Waals surface area contributed by atoms with Crippen molar-refractivity contribution in [2.45, 2.75) is 26.8 Å². The number of carbonyl (C=O) groups excluding carboxylic acids is 1. The van der Waals surface area contributed by atoms with Crippen LogP contribution in [0, 0.1) is 13.8 Å². The van der Waals surface area contributed by atoms with Crippen LogP contribution in [0.25, 0.3) is 22.2 Å². The third-order valence-electron chi connectivity index (χ3n) is 5.31. The number of pyridine rings is 1. The molecule has 0 aliphatic heterocycles. The van der Waals surface area contributed by atoms with Crippen molar-refractivity contribution >= 4 is 32.7 Å². The second-order valence-corrected chi connectivity index (χ2v) is 8.56. The minimum atomic E-state index is -0.107. The summed E-state index contributed by atoms with van der Waals surface area (Å²) in [5.41, 5.74) is 6.55. The second kappa shape index (κ2) is 8.41. The summed E-state index contributed by atoms with van der Waals surface area (Å²) >= 11 is 3.57. The molecule has 0 saturated carbocycles. The smallest absolute Gasteiger partial charge is 0.252 e. The maximum atomic E-state index is 13.3. The van der Waals surface area contributed by atoms with E-state index in [4.69, 9.17) is 4.98 Å². The van der Waals surface area contributed by atoms with Gasteiger partial charge in [-0.25, -0.2) is 4.98 Å². The molecule has 4 rings (SSSR count). The molecule has 1 aromatic heterocycles. The van der Waals surface area contributed by atoms with Crippen molar-refractivity contribution in [2.75, 3.05) is 0 Å². The van der Waals surface area contributed by atoms with E-state index in [0.717, 1.165) is 37.8 Å². The highest BCUT2D eigenvalue weighted by Crippen LogP contribution is 2.30. The van der Waals surface area contributed by atoms with E-state index in [1.54, 1.807) is 0 Å². The molecule has 1 amide bonds. The predicted molar refractivity (Wildman–Crippen MR) is 127 cm³/mol. The van der Waals surface area contributed by atoms with Crippen molar-refractivity contribution in [1.29, 1.82) is 0 Å². The van der Waals surface area contributed by atoms with Crippen LogP contribution in [0.2, 0.25) is 0 Å². The maximum Gasteiger partial charge on any atom is 0.252 e. The highest BCUT2D eigenvalue weighted by Gasteiger charge is 2.18. The minimum Gasteiger partial charge on any atom is -0.345 e. The molecule has 0 bridgehead atoms. The van der Waals surface area contributed by atoms with E-state index in [9.17, 15) is 4.79 Å². The zero-order chi connectivity index (χ0) is 21.3. The van der Waals surface area contributed by atoms with Crippen LogP contribution in [-0.4, -0.2) is 10.9 Å². The summed E-state index contributed by atoms with van der Waals surface area (Å²) in [5.74, 6) is -0.107. The standard InChI is InChI=1S/C26H23BrN2O/c1-16-9-11-20(12-10-16)24-15-23(22-14-21(27)13-17(2)25(22)29-24)26(30)28-18(3)19-7-5-4-6-8-19/h4-15,18H,1-3H3,(H,28,30)/t18-/m0/s1. The van der Waals surface area contributed by atoms with Gasteiger partial charge in [-0.15, -0.1) is 0 Å². The number of aromatic nitrogens is 1. The molecule has 1 atom stereocenters. The van der Waals surface area contributed by atoms with Gasteiger partial charge in [0.15, 0.2) is 0 Å². The first-order valence-corrected chi connectivity index (χ1v) is 10.8. The minimum absolute atomic E-state index is 0.0991. The fraction of sp³-hybridized carbons (Fsp3) is 0.154. The van der Waals surface area contributed by atoms with Crippen LogP contribution < -0.4 is 5.32 Å². The summed E-state index contributed by atoms with van der Waals surface area (Å²) in [6.45, 7) is 6.08. The molecule has 30 heavy (non-hydrogen) atoms. The molecule has 3 aromatic carbocycles. The van der Waals surface area contributed by atoms with Gasteiger partial charge in [-0.1, -0.05) is 76.1 Å². The Hall–Kier alpha value is -2.98. The van der Waals surface area contributed by atoms with Gasteiger partial charge in [-0.05, 0) is 50.1 Å². The van der Waals surface area contributed by atoms with E-state index >= 15 is 0 Å². The van der Waals surface area contributed by atoms with Crippen molar-refractivity contribution in [1.82, 2.24) is 10.3 Å². The quantitative estimate of drug-likeness (QED) is 0.366. The molecule has 0 unspecified atom stereocenters. The largest absolute Gasteiger partial charge is 0.345 e. The highest BCUT2D eigenvalue weighted by atomic mass is 79.9. The zero-order valence-corrected chi connectivity index (χ0v) is 18.8. The fourth-order valence-corrected chi connectivity index (χ4v) is 4.19. The van der Waals surface area contributed by atoms with Gasteiger partial charge in [0, 0.05) is 15.4 Å². The van der Waals surface area contributed by atoms with Crippen LogP contribution in [0.4, 0.5) is 0 Å². The molecule has 4 aromatic rings. The molecule has 150 valence electrons. The van der Waals surface area contributed by atoms with Gasteiger partial charge in [-0.2, -0.15) is 0 Å². The molecule has 0 aliphatic carbocycles. The van der Waals surface area contributed by atoms with Gasteiger partial charge < -0.3 is 5.32 Å². The van der Waals surface area contributed by atoms with Crippen LogP contribution in [0.3, 0.4) is 0 Å². The third-order valence-corrected chi connectivity index (χ3v) is 5.77. The van der Waals surface area contributed by atoms with Gasteiger partial charge in [0.2, 0.25) is 0 Å². The predicted octanol–water partition coefficient (Wildman–Crippen LogP) is 6.77. The van der Waals surface area contributed by atoms with E-state index in [1.165, 1.54) is 5.56 Å². The Kier molecular flexibility index (Phi) is 5.69. The van der Waals surface area contributed by atoms with E-state index in [1.807, 2.05) is 74.5 Å². The summed E-state index contributed by atoms with van der Waals surface area (Å²) in [7, 11) is 0. The number of nitrogens with one attached hydrogen (secondary N) is 1. The van der Waals surface area contributed by atoms with Gasteiger partial charge in [0.05, 0.1) is 22.8 Å². The maximum absolute atomic E-state index is 13.3. The molecule has 1 heterocycles. The number of aryl methyl sites for hydroxylation is 2.